The predicted molar refractivity (Wildman–Crippen MR) is 77.6 cm³/mol. The zero-order valence-electron chi connectivity index (χ0n) is 10.8. The minimum Gasteiger partial charge on any atom is -0.318 e. The molecule has 3 aromatic rings. The monoisotopic (exact) mass is 281 g/mol. The number of nitrogens with one attached hydrogen (secondary N) is 3. The largest absolute Gasteiger partial charge is 0.318 e. The first-order valence-corrected chi connectivity index (χ1v) is 6.18. The predicted octanol–water partition coefficient (Wildman–Crippen LogP) is 1.54. The molecule has 7 heteroatoms. The van der Waals surface area contributed by atoms with Crippen LogP contribution in [0.4, 0.5) is 11.4 Å². The molecule has 0 spiro atoms. The summed E-state index contributed by atoms with van der Waals surface area (Å²) in [4.78, 5) is 27.4. The van der Waals surface area contributed by atoms with Gasteiger partial charge in [-0.1, -0.05) is 0 Å². The molecule has 7 nitrogen and oxygen atoms in total. The van der Waals surface area contributed by atoms with Crippen molar-refractivity contribution in [2.24, 2.45) is 0 Å². The highest BCUT2D eigenvalue weighted by atomic mass is 16.2. The van der Waals surface area contributed by atoms with Crippen molar-refractivity contribution < 1.29 is 9.59 Å². The third kappa shape index (κ3) is 2.86. The van der Waals surface area contributed by atoms with E-state index in [1.807, 2.05) is 0 Å². The lowest BCUT2D eigenvalue weighted by molar-refractivity contribution is -0.133. The van der Waals surface area contributed by atoms with E-state index in [0.29, 0.717) is 11.4 Å². The van der Waals surface area contributed by atoms with E-state index in [4.69, 9.17) is 0 Å². The van der Waals surface area contributed by atoms with Crippen LogP contribution in [0.2, 0.25) is 0 Å². The smallest absolute Gasteiger partial charge is 0.314 e. The Kier molecular flexibility index (Phi) is 3.30. The molecule has 3 rings (SSSR count). The maximum absolute atomic E-state index is 11.8. The first-order chi connectivity index (χ1) is 10.2. The van der Waals surface area contributed by atoms with Crippen LogP contribution in [-0.2, 0) is 9.59 Å². The van der Waals surface area contributed by atoms with E-state index in [1.54, 1.807) is 42.7 Å². The Bertz CT molecular complexity index is 797. The fourth-order valence-electron chi connectivity index (χ4n) is 1.83. The molecular weight excluding hydrogens is 270 g/mol. The Balaban J connectivity index is 1.69. The molecule has 0 fully saturated rings. The molecule has 0 aliphatic heterocycles. The lowest BCUT2D eigenvalue weighted by atomic mass is 10.2. The number of amides is 2. The SMILES string of the molecule is O=C(Nc1cccnc1)C(=O)Nc1ccc2cn[nH]c2c1. The molecule has 1 aromatic carbocycles. The summed E-state index contributed by atoms with van der Waals surface area (Å²) in [5.41, 5.74) is 1.75. The average Bonchev–Trinajstić information content (AvgIpc) is 2.95. The standard InChI is InChI=1S/C14H11N5O2/c20-13(14(21)18-11-2-1-5-15-8-11)17-10-4-3-9-7-16-19-12(9)6-10/h1-8H,(H,16,19)(H,17,20)(H,18,21). The van der Waals surface area contributed by atoms with Gasteiger partial charge in [0.05, 0.1) is 23.6 Å². The number of rotatable bonds is 2. The molecule has 0 atom stereocenters. The van der Waals surface area contributed by atoms with Gasteiger partial charge in [-0.05, 0) is 30.3 Å². The van der Waals surface area contributed by atoms with Crippen LogP contribution in [0.25, 0.3) is 10.9 Å². The zero-order chi connectivity index (χ0) is 14.7. The van der Waals surface area contributed by atoms with E-state index in [0.717, 1.165) is 10.9 Å². The van der Waals surface area contributed by atoms with Crippen molar-refractivity contribution in [3.63, 3.8) is 0 Å². The number of nitrogens with zero attached hydrogens (tertiary/aromatic N) is 2. The first-order valence-electron chi connectivity index (χ1n) is 6.18. The van der Waals surface area contributed by atoms with Crippen LogP contribution in [0.5, 0.6) is 0 Å². The minimum absolute atomic E-state index is 0.460. The number of hydrogen-bond acceptors (Lipinski definition) is 4. The van der Waals surface area contributed by atoms with Crippen LogP contribution in [0, 0.1) is 0 Å². The van der Waals surface area contributed by atoms with Crippen molar-refractivity contribution in [3.05, 3.63) is 48.9 Å². The van der Waals surface area contributed by atoms with Crippen molar-refractivity contribution in [2.75, 3.05) is 10.6 Å². The molecule has 0 saturated carbocycles. The van der Waals surface area contributed by atoms with Gasteiger partial charge < -0.3 is 10.6 Å². The Hall–Kier alpha value is -3.22. The highest BCUT2D eigenvalue weighted by Crippen LogP contribution is 2.16. The number of benzene rings is 1. The van der Waals surface area contributed by atoms with Crippen LogP contribution >= 0.6 is 0 Å². The zero-order valence-corrected chi connectivity index (χ0v) is 10.8. The number of carbonyl (C=O) groups is 2. The number of anilines is 2. The summed E-state index contributed by atoms with van der Waals surface area (Å²) in [7, 11) is 0. The molecule has 0 radical (unpaired) electrons. The summed E-state index contributed by atoms with van der Waals surface area (Å²) in [6.45, 7) is 0. The van der Waals surface area contributed by atoms with Gasteiger partial charge in [0.25, 0.3) is 0 Å². The van der Waals surface area contributed by atoms with Crippen LogP contribution in [0.15, 0.2) is 48.9 Å². The van der Waals surface area contributed by atoms with Gasteiger partial charge in [0.15, 0.2) is 0 Å². The van der Waals surface area contributed by atoms with Crippen LogP contribution < -0.4 is 10.6 Å². The number of hydrogen-bond donors (Lipinski definition) is 3. The van der Waals surface area contributed by atoms with Gasteiger partial charge in [0.2, 0.25) is 0 Å². The van der Waals surface area contributed by atoms with Gasteiger partial charge in [0, 0.05) is 17.3 Å². The summed E-state index contributed by atoms with van der Waals surface area (Å²) in [6, 6.07) is 8.52. The van der Waals surface area contributed by atoms with Gasteiger partial charge in [-0.3, -0.25) is 19.7 Å². The van der Waals surface area contributed by atoms with Crippen molar-refractivity contribution in [1.82, 2.24) is 15.2 Å². The van der Waals surface area contributed by atoms with E-state index in [9.17, 15) is 9.59 Å². The van der Waals surface area contributed by atoms with Crippen molar-refractivity contribution in [1.29, 1.82) is 0 Å². The number of carbonyl (C=O) groups excluding carboxylic acids is 2. The lowest BCUT2D eigenvalue weighted by Crippen LogP contribution is -2.29. The summed E-state index contributed by atoms with van der Waals surface area (Å²) in [5, 5.41) is 12.6. The second-order valence-corrected chi connectivity index (χ2v) is 4.32. The molecular formula is C14H11N5O2. The molecule has 2 aromatic heterocycles. The van der Waals surface area contributed by atoms with E-state index >= 15 is 0 Å². The summed E-state index contributed by atoms with van der Waals surface area (Å²) >= 11 is 0. The summed E-state index contributed by atoms with van der Waals surface area (Å²) < 4.78 is 0. The topological polar surface area (TPSA) is 99.8 Å². The first kappa shape index (κ1) is 12.8. The fraction of sp³-hybridized carbons (Fsp3) is 0. The van der Waals surface area contributed by atoms with Crippen LogP contribution in [0.1, 0.15) is 0 Å². The van der Waals surface area contributed by atoms with Crippen molar-refractivity contribution in [2.45, 2.75) is 0 Å². The third-order valence-corrected chi connectivity index (χ3v) is 2.83. The number of fused-ring (bicyclic) bond motifs is 1. The second kappa shape index (κ2) is 5.41. The van der Waals surface area contributed by atoms with Gasteiger partial charge in [-0.15, -0.1) is 0 Å². The second-order valence-electron chi connectivity index (χ2n) is 4.32. The molecule has 2 amide bonds. The molecule has 21 heavy (non-hydrogen) atoms. The minimum atomic E-state index is -0.757. The molecule has 2 heterocycles. The molecule has 0 saturated heterocycles. The fourth-order valence-corrected chi connectivity index (χ4v) is 1.83. The molecule has 104 valence electrons. The highest BCUT2D eigenvalue weighted by molar-refractivity contribution is 6.43. The van der Waals surface area contributed by atoms with Gasteiger partial charge in [0.1, 0.15) is 0 Å². The Morgan fingerprint density at radius 2 is 1.81 bits per heavy atom. The third-order valence-electron chi connectivity index (χ3n) is 2.83. The normalized spacial score (nSPS) is 10.3. The van der Waals surface area contributed by atoms with Gasteiger partial charge >= 0.3 is 11.8 Å². The van der Waals surface area contributed by atoms with Gasteiger partial charge in [-0.25, -0.2) is 0 Å². The van der Waals surface area contributed by atoms with E-state index in [1.165, 1.54) is 6.20 Å². The summed E-state index contributed by atoms with van der Waals surface area (Å²) in [5.74, 6) is -1.51. The number of aromatic nitrogens is 3. The maximum Gasteiger partial charge on any atom is 0.314 e. The number of pyridine rings is 1. The Morgan fingerprint density at radius 3 is 2.57 bits per heavy atom. The lowest BCUT2D eigenvalue weighted by Gasteiger charge is -2.06. The Morgan fingerprint density at radius 1 is 1.00 bits per heavy atom. The molecule has 0 aliphatic rings. The molecule has 0 bridgehead atoms. The van der Waals surface area contributed by atoms with Gasteiger partial charge in [-0.2, -0.15) is 5.10 Å². The number of H-pyrrole nitrogens is 1. The van der Waals surface area contributed by atoms with E-state index in [2.05, 4.69) is 25.8 Å². The van der Waals surface area contributed by atoms with E-state index in [-0.39, 0.29) is 0 Å². The van der Waals surface area contributed by atoms with Crippen LogP contribution in [0.3, 0.4) is 0 Å². The molecule has 0 unspecified atom stereocenters. The highest BCUT2D eigenvalue weighted by Gasteiger charge is 2.14. The molecule has 0 aliphatic carbocycles. The van der Waals surface area contributed by atoms with Crippen molar-refractivity contribution in [3.8, 4) is 0 Å². The van der Waals surface area contributed by atoms with Crippen LogP contribution in [-0.4, -0.2) is 27.0 Å². The quantitative estimate of drug-likeness (QED) is 0.620. The summed E-state index contributed by atoms with van der Waals surface area (Å²) in [6.07, 6.45) is 4.72. The average molecular weight is 281 g/mol. The van der Waals surface area contributed by atoms with E-state index < -0.39 is 11.8 Å². The maximum atomic E-state index is 11.8. The Labute approximate surface area is 119 Å². The number of aromatic amines is 1. The van der Waals surface area contributed by atoms with Crippen molar-refractivity contribution >= 4 is 34.1 Å². The molecule has 3 N–H and O–H groups in total.